The summed E-state index contributed by atoms with van der Waals surface area (Å²) in [6, 6.07) is 0. The quantitative estimate of drug-likeness (QED) is 0.871. The Morgan fingerprint density at radius 3 is 2.59 bits per heavy atom. The van der Waals surface area contributed by atoms with E-state index >= 15 is 0 Å². The van der Waals surface area contributed by atoms with E-state index in [0.717, 1.165) is 36.4 Å². The normalized spacial score (nSPS) is 18.1. The highest BCUT2D eigenvalue weighted by Crippen LogP contribution is 2.29. The molecule has 0 aliphatic carbocycles. The second-order valence-corrected chi connectivity index (χ2v) is 5.35. The number of imidazole rings is 1. The minimum atomic E-state index is 0.0281. The molecule has 2 rings (SSSR count). The van der Waals surface area contributed by atoms with Crippen molar-refractivity contribution in [2.45, 2.75) is 33.3 Å². The zero-order valence-corrected chi connectivity index (χ0v) is 11.1. The van der Waals surface area contributed by atoms with Crippen LogP contribution in [-0.4, -0.2) is 27.7 Å². The monoisotopic (exact) mass is 237 g/mol. The van der Waals surface area contributed by atoms with Gasteiger partial charge in [-0.2, -0.15) is 0 Å². The summed E-state index contributed by atoms with van der Waals surface area (Å²) in [6.45, 7) is 6.80. The minimum Gasteiger partial charge on any atom is -0.390 e. The molecule has 0 atom stereocenters. The predicted octanol–water partition coefficient (Wildman–Crippen LogP) is 1.78. The maximum atomic E-state index is 9.30. The van der Waals surface area contributed by atoms with Crippen molar-refractivity contribution in [1.82, 2.24) is 9.55 Å². The largest absolute Gasteiger partial charge is 0.390 e. The Morgan fingerprint density at radius 2 is 2.06 bits per heavy atom. The maximum absolute atomic E-state index is 9.30. The van der Waals surface area contributed by atoms with Crippen LogP contribution < -0.4 is 4.90 Å². The Labute approximate surface area is 103 Å². The van der Waals surface area contributed by atoms with Crippen LogP contribution in [0, 0.1) is 11.8 Å². The third kappa shape index (κ3) is 2.46. The molecule has 0 radical (unpaired) electrons. The summed E-state index contributed by atoms with van der Waals surface area (Å²) in [7, 11) is 2.00. The minimum absolute atomic E-state index is 0.0281. The van der Waals surface area contributed by atoms with Crippen LogP contribution >= 0.6 is 0 Å². The predicted molar refractivity (Wildman–Crippen MR) is 68.9 cm³/mol. The maximum Gasteiger partial charge on any atom is 0.134 e. The van der Waals surface area contributed by atoms with Gasteiger partial charge in [0.25, 0.3) is 0 Å². The summed E-state index contributed by atoms with van der Waals surface area (Å²) < 4.78 is 2.02. The van der Waals surface area contributed by atoms with Crippen molar-refractivity contribution in [3.63, 3.8) is 0 Å². The van der Waals surface area contributed by atoms with Crippen molar-refractivity contribution in [3.8, 4) is 0 Å². The van der Waals surface area contributed by atoms with Gasteiger partial charge in [0, 0.05) is 20.1 Å². The number of nitrogens with zero attached hydrogens (tertiary/aromatic N) is 3. The van der Waals surface area contributed by atoms with E-state index in [4.69, 9.17) is 0 Å². The summed E-state index contributed by atoms with van der Waals surface area (Å²) in [4.78, 5) is 6.59. The molecule has 0 bridgehead atoms. The average molecular weight is 237 g/mol. The Bertz CT molecular complexity index is 365. The third-order valence-electron chi connectivity index (χ3n) is 3.91. The van der Waals surface area contributed by atoms with Gasteiger partial charge in [0.1, 0.15) is 11.5 Å². The van der Waals surface area contributed by atoms with E-state index in [-0.39, 0.29) is 6.61 Å². The molecule has 1 aromatic heterocycles. The number of aromatic nitrogens is 2. The number of hydrogen-bond donors (Lipinski definition) is 1. The number of aryl methyl sites for hydroxylation is 1. The fraction of sp³-hybridized carbons (Fsp3) is 0.769. The van der Waals surface area contributed by atoms with Crippen LogP contribution in [0.1, 0.15) is 32.4 Å². The van der Waals surface area contributed by atoms with Crippen LogP contribution in [0.25, 0.3) is 0 Å². The van der Waals surface area contributed by atoms with Gasteiger partial charge >= 0.3 is 0 Å². The molecule has 4 nitrogen and oxygen atoms in total. The van der Waals surface area contributed by atoms with E-state index < -0.39 is 0 Å². The molecule has 1 aliphatic heterocycles. The molecule has 1 saturated heterocycles. The molecular formula is C13H23N3O. The average Bonchev–Trinajstić information content (AvgIpc) is 2.70. The van der Waals surface area contributed by atoms with Crippen LogP contribution in [0.4, 0.5) is 5.82 Å². The molecule has 1 aliphatic rings. The lowest BCUT2D eigenvalue weighted by Crippen LogP contribution is -2.36. The fourth-order valence-electron chi connectivity index (χ4n) is 2.77. The molecule has 0 amide bonds. The van der Waals surface area contributed by atoms with Crippen molar-refractivity contribution >= 4 is 5.82 Å². The van der Waals surface area contributed by atoms with Gasteiger partial charge in [-0.1, -0.05) is 13.8 Å². The zero-order chi connectivity index (χ0) is 12.4. The van der Waals surface area contributed by atoms with Crippen molar-refractivity contribution in [1.29, 1.82) is 0 Å². The number of hydrogen-bond acceptors (Lipinski definition) is 3. The first-order chi connectivity index (χ1) is 8.13. The van der Waals surface area contributed by atoms with E-state index in [1.165, 1.54) is 12.8 Å². The molecule has 2 heterocycles. The lowest BCUT2D eigenvalue weighted by Gasteiger charge is -2.35. The lowest BCUT2D eigenvalue weighted by molar-refractivity contribution is 0.275. The first kappa shape index (κ1) is 12.4. The lowest BCUT2D eigenvalue weighted by atomic mass is 9.87. The summed E-state index contributed by atoms with van der Waals surface area (Å²) in [5, 5.41) is 9.30. The van der Waals surface area contributed by atoms with Gasteiger partial charge < -0.3 is 14.6 Å². The third-order valence-corrected chi connectivity index (χ3v) is 3.91. The highest BCUT2D eigenvalue weighted by molar-refractivity contribution is 5.45. The van der Waals surface area contributed by atoms with E-state index in [1.807, 2.05) is 11.6 Å². The number of rotatable bonds is 3. The fourth-order valence-corrected chi connectivity index (χ4v) is 2.77. The molecule has 96 valence electrons. The Morgan fingerprint density at radius 1 is 1.41 bits per heavy atom. The van der Waals surface area contributed by atoms with Gasteiger partial charge in [-0.15, -0.1) is 0 Å². The van der Waals surface area contributed by atoms with Crippen molar-refractivity contribution in [2.24, 2.45) is 18.9 Å². The molecular weight excluding hydrogens is 214 g/mol. The Kier molecular flexibility index (Phi) is 3.72. The summed E-state index contributed by atoms with van der Waals surface area (Å²) in [5.74, 6) is 2.72. The van der Waals surface area contributed by atoms with Crippen molar-refractivity contribution in [3.05, 3.63) is 12.0 Å². The van der Waals surface area contributed by atoms with Gasteiger partial charge in [0.15, 0.2) is 0 Å². The summed E-state index contributed by atoms with van der Waals surface area (Å²) >= 11 is 0. The highest BCUT2D eigenvalue weighted by atomic mass is 16.3. The van der Waals surface area contributed by atoms with E-state index in [2.05, 4.69) is 23.7 Å². The van der Waals surface area contributed by atoms with Crippen molar-refractivity contribution < 1.29 is 5.11 Å². The molecule has 0 unspecified atom stereocenters. The number of piperidine rings is 1. The number of aliphatic hydroxyl groups is 1. The van der Waals surface area contributed by atoms with Crippen LogP contribution in [-0.2, 0) is 13.7 Å². The van der Waals surface area contributed by atoms with Gasteiger partial charge in [0.05, 0.1) is 12.9 Å². The van der Waals surface area contributed by atoms with Gasteiger partial charge in [0.2, 0.25) is 0 Å². The van der Waals surface area contributed by atoms with Gasteiger partial charge in [-0.25, -0.2) is 4.98 Å². The number of anilines is 1. The van der Waals surface area contributed by atoms with E-state index in [1.54, 1.807) is 6.33 Å². The van der Waals surface area contributed by atoms with Gasteiger partial charge in [-0.3, -0.25) is 0 Å². The smallest absolute Gasteiger partial charge is 0.134 e. The summed E-state index contributed by atoms with van der Waals surface area (Å²) in [6.07, 6.45) is 4.27. The van der Waals surface area contributed by atoms with E-state index in [0.29, 0.717) is 0 Å². The molecule has 1 fully saturated rings. The van der Waals surface area contributed by atoms with Crippen LogP contribution in [0.15, 0.2) is 6.33 Å². The Hall–Kier alpha value is -1.03. The SMILES string of the molecule is CC(C)C1CCN(c2c(CO)ncn2C)CC1. The number of aliphatic hydroxyl groups excluding tert-OH is 1. The van der Waals surface area contributed by atoms with Crippen LogP contribution in [0.5, 0.6) is 0 Å². The molecule has 0 saturated carbocycles. The van der Waals surface area contributed by atoms with Crippen LogP contribution in [0.3, 0.4) is 0 Å². The molecule has 17 heavy (non-hydrogen) atoms. The molecule has 1 aromatic rings. The first-order valence-electron chi connectivity index (χ1n) is 6.49. The van der Waals surface area contributed by atoms with E-state index in [9.17, 15) is 5.11 Å². The molecule has 1 N–H and O–H groups in total. The second kappa shape index (κ2) is 5.08. The van der Waals surface area contributed by atoms with Crippen molar-refractivity contribution in [2.75, 3.05) is 18.0 Å². The topological polar surface area (TPSA) is 41.3 Å². The summed E-state index contributed by atoms with van der Waals surface area (Å²) in [5.41, 5.74) is 0.801. The first-order valence-corrected chi connectivity index (χ1v) is 6.49. The molecule has 4 heteroatoms. The standard InChI is InChI=1S/C13H23N3O/c1-10(2)11-4-6-16(7-5-11)13-12(8-17)14-9-15(13)3/h9-11,17H,4-8H2,1-3H3. The second-order valence-electron chi connectivity index (χ2n) is 5.35. The van der Waals surface area contributed by atoms with Crippen LogP contribution in [0.2, 0.25) is 0 Å². The van der Waals surface area contributed by atoms with Gasteiger partial charge in [-0.05, 0) is 24.7 Å². The zero-order valence-electron chi connectivity index (χ0n) is 11.1. The Balaban J connectivity index is 2.07. The molecule has 0 spiro atoms. The molecule has 0 aromatic carbocycles. The highest BCUT2D eigenvalue weighted by Gasteiger charge is 2.24.